The van der Waals surface area contributed by atoms with Crippen molar-refractivity contribution in [1.29, 1.82) is 0 Å². The van der Waals surface area contributed by atoms with Gasteiger partial charge in [0.2, 0.25) is 0 Å². The van der Waals surface area contributed by atoms with Crippen LogP contribution in [0, 0.1) is 0 Å². The van der Waals surface area contributed by atoms with E-state index in [1.54, 1.807) is 42.5 Å². The van der Waals surface area contributed by atoms with E-state index in [-0.39, 0.29) is 4.90 Å². The van der Waals surface area contributed by atoms with Crippen molar-refractivity contribution in [3.05, 3.63) is 84.3 Å². The van der Waals surface area contributed by atoms with Gasteiger partial charge in [0.25, 0.3) is 15.9 Å². The van der Waals surface area contributed by atoms with Gasteiger partial charge in [-0.15, -0.1) is 0 Å². The van der Waals surface area contributed by atoms with E-state index in [4.69, 9.17) is 4.42 Å². The smallest absolute Gasteiger partial charge is 0.264 e. The summed E-state index contributed by atoms with van der Waals surface area (Å²) in [6.07, 6.45) is 3.45. The maximum Gasteiger partial charge on any atom is 0.264 e. The van der Waals surface area contributed by atoms with Gasteiger partial charge in [0.15, 0.2) is 0 Å². The summed E-state index contributed by atoms with van der Waals surface area (Å²) >= 11 is 0. The summed E-state index contributed by atoms with van der Waals surface area (Å²) in [6.45, 7) is 1.52. The third-order valence-electron chi connectivity index (χ3n) is 4.18. The minimum atomic E-state index is -3.95. The number of anilines is 1. The minimum absolute atomic E-state index is 0.109. The first kappa shape index (κ1) is 20.3. The number of nitrogens with zero attached hydrogens (tertiary/aromatic N) is 2. The topological polar surface area (TPSA) is 92.0 Å². The molecular weight excluding hydrogens is 390 g/mol. The van der Waals surface area contributed by atoms with Crippen LogP contribution in [0.25, 0.3) is 0 Å². The van der Waals surface area contributed by atoms with Crippen molar-refractivity contribution in [2.75, 3.05) is 10.8 Å². The summed E-state index contributed by atoms with van der Waals surface area (Å²) in [7, 11) is -3.95. The van der Waals surface area contributed by atoms with E-state index < -0.39 is 22.5 Å². The lowest BCUT2D eigenvalue weighted by molar-refractivity contribution is -0.119. The van der Waals surface area contributed by atoms with Crippen LogP contribution in [-0.4, -0.2) is 27.1 Å². The van der Waals surface area contributed by atoms with Crippen LogP contribution in [-0.2, 0) is 21.2 Å². The van der Waals surface area contributed by atoms with Gasteiger partial charge < -0.3 is 4.42 Å². The lowest BCUT2D eigenvalue weighted by Crippen LogP contribution is -2.40. The molecule has 29 heavy (non-hydrogen) atoms. The number of hydrogen-bond donors (Lipinski definition) is 1. The minimum Gasteiger partial charge on any atom is -0.463 e. The molecule has 0 saturated carbocycles. The standard InChI is InChI=1S/C21H21N3O4S/c1-2-17-9-6-7-13-20(17)24(29(26,27)19-11-4-3-5-12-19)16-21(25)23-22-15-18-10-8-14-28-18/h3-15H,2,16H2,1H3,(H,23,25)/b22-15+. The number of hydrogen-bond acceptors (Lipinski definition) is 5. The Balaban J connectivity index is 1.90. The van der Waals surface area contributed by atoms with E-state index in [9.17, 15) is 13.2 Å². The maximum atomic E-state index is 13.3. The molecule has 0 aliphatic heterocycles. The summed E-state index contributed by atoms with van der Waals surface area (Å²) in [5.41, 5.74) is 3.63. The average molecular weight is 411 g/mol. The fourth-order valence-electron chi connectivity index (χ4n) is 2.77. The average Bonchev–Trinajstić information content (AvgIpc) is 3.26. The summed E-state index contributed by atoms with van der Waals surface area (Å²) < 4.78 is 32.8. The molecule has 1 heterocycles. The molecule has 0 radical (unpaired) electrons. The predicted molar refractivity (Wildman–Crippen MR) is 111 cm³/mol. The zero-order valence-corrected chi connectivity index (χ0v) is 16.7. The van der Waals surface area contributed by atoms with E-state index >= 15 is 0 Å². The molecule has 7 nitrogen and oxygen atoms in total. The monoisotopic (exact) mass is 411 g/mol. The van der Waals surface area contributed by atoms with Crippen molar-refractivity contribution in [3.8, 4) is 0 Å². The van der Waals surface area contributed by atoms with E-state index in [0.717, 1.165) is 9.87 Å². The van der Waals surface area contributed by atoms with E-state index in [0.29, 0.717) is 17.9 Å². The lowest BCUT2D eigenvalue weighted by atomic mass is 10.1. The van der Waals surface area contributed by atoms with E-state index in [1.165, 1.54) is 24.6 Å². The number of aryl methyl sites for hydroxylation is 1. The Bertz CT molecular complexity index is 1080. The van der Waals surface area contributed by atoms with Gasteiger partial charge >= 0.3 is 0 Å². The predicted octanol–water partition coefficient (Wildman–Crippen LogP) is 3.19. The highest BCUT2D eigenvalue weighted by molar-refractivity contribution is 7.92. The molecule has 0 atom stereocenters. The normalized spacial score (nSPS) is 11.5. The number of amides is 1. The van der Waals surface area contributed by atoms with Gasteiger partial charge in [0.1, 0.15) is 12.3 Å². The highest BCUT2D eigenvalue weighted by Gasteiger charge is 2.28. The number of carbonyl (C=O) groups excluding carboxylic acids is 1. The first-order chi connectivity index (χ1) is 14.0. The number of furan rings is 1. The Morgan fingerprint density at radius 3 is 2.48 bits per heavy atom. The van der Waals surface area contributed by atoms with Crippen molar-refractivity contribution in [1.82, 2.24) is 5.43 Å². The molecule has 8 heteroatoms. The molecule has 1 N–H and O–H groups in total. The van der Waals surface area contributed by atoms with Gasteiger partial charge in [-0.2, -0.15) is 5.10 Å². The molecule has 150 valence electrons. The van der Waals surface area contributed by atoms with Crippen LogP contribution in [0.2, 0.25) is 0 Å². The van der Waals surface area contributed by atoms with Crippen molar-refractivity contribution in [3.63, 3.8) is 0 Å². The van der Waals surface area contributed by atoms with E-state index in [1.807, 2.05) is 19.1 Å². The van der Waals surface area contributed by atoms with Crippen LogP contribution in [0.1, 0.15) is 18.2 Å². The number of benzene rings is 2. The van der Waals surface area contributed by atoms with Crippen molar-refractivity contribution >= 4 is 27.8 Å². The fourth-order valence-corrected chi connectivity index (χ4v) is 4.25. The molecule has 1 amide bonds. The molecule has 0 unspecified atom stereocenters. The molecule has 3 aromatic rings. The molecule has 0 fully saturated rings. The van der Waals surface area contributed by atoms with Crippen LogP contribution in [0.4, 0.5) is 5.69 Å². The molecule has 0 bridgehead atoms. The Kier molecular flexibility index (Phi) is 6.46. The highest BCUT2D eigenvalue weighted by atomic mass is 32.2. The number of nitrogens with one attached hydrogen (secondary N) is 1. The number of sulfonamides is 1. The summed E-state index contributed by atoms with van der Waals surface area (Å²) in [5.74, 6) is -0.103. The van der Waals surface area contributed by atoms with Crippen LogP contribution in [0.5, 0.6) is 0 Å². The maximum absolute atomic E-state index is 13.3. The lowest BCUT2D eigenvalue weighted by Gasteiger charge is -2.25. The first-order valence-corrected chi connectivity index (χ1v) is 10.5. The number of rotatable bonds is 8. The van der Waals surface area contributed by atoms with Gasteiger partial charge in [0, 0.05) is 0 Å². The number of carbonyl (C=O) groups is 1. The Morgan fingerprint density at radius 2 is 1.79 bits per heavy atom. The molecule has 3 rings (SSSR count). The van der Waals surface area contributed by atoms with Crippen LogP contribution < -0.4 is 9.73 Å². The fraction of sp³-hybridized carbons (Fsp3) is 0.143. The third kappa shape index (κ3) is 4.91. The summed E-state index contributed by atoms with van der Waals surface area (Å²) in [5, 5.41) is 3.82. The molecule has 0 saturated heterocycles. The molecule has 1 aromatic heterocycles. The highest BCUT2D eigenvalue weighted by Crippen LogP contribution is 2.27. The second-order valence-corrected chi connectivity index (χ2v) is 7.98. The summed E-state index contributed by atoms with van der Waals surface area (Å²) in [4.78, 5) is 12.6. The number of hydrazone groups is 1. The SMILES string of the molecule is CCc1ccccc1N(CC(=O)N/N=C/c1ccco1)S(=O)(=O)c1ccccc1. The van der Waals surface area contributed by atoms with Crippen LogP contribution >= 0.6 is 0 Å². The van der Waals surface area contributed by atoms with Crippen molar-refractivity contribution < 1.29 is 17.6 Å². The molecule has 0 spiro atoms. The second-order valence-electron chi connectivity index (χ2n) is 6.12. The van der Waals surface area contributed by atoms with Crippen LogP contribution in [0.15, 0.2) is 87.4 Å². The quantitative estimate of drug-likeness (QED) is 0.455. The summed E-state index contributed by atoms with van der Waals surface area (Å²) in [6, 6.07) is 18.5. The Hall–Kier alpha value is -3.39. The first-order valence-electron chi connectivity index (χ1n) is 9.03. The van der Waals surface area contributed by atoms with Gasteiger partial charge in [-0.3, -0.25) is 9.10 Å². The van der Waals surface area contributed by atoms with E-state index in [2.05, 4.69) is 10.5 Å². The van der Waals surface area contributed by atoms with Gasteiger partial charge in [0.05, 0.1) is 23.1 Å². The Labute approximate surface area is 169 Å². The zero-order valence-electron chi connectivity index (χ0n) is 15.9. The van der Waals surface area contributed by atoms with Gasteiger partial charge in [-0.05, 0) is 42.3 Å². The largest absolute Gasteiger partial charge is 0.463 e. The second kappa shape index (κ2) is 9.20. The van der Waals surface area contributed by atoms with Gasteiger partial charge in [-0.1, -0.05) is 43.3 Å². The molecule has 2 aromatic carbocycles. The van der Waals surface area contributed by atoms with Gasteiger partial charge in [-0.25, -0.2) is 13.8 Å². The van der Waals surface area contributed by atoms with Crippen molar-refractivity contribution in [2.45, 2.75) is 18.2 Å². The van der Waals surface area contributed by atoms with Crippen molar-refractivity contribution in [2.24, 2.45) is 5.10 Å². The molecule has 0 aliphatic carbocycles. The zero-order chi connectivity index (χ0) is 20.7. The third-order valence-corrected chi connectivity index (χ3v) is 5.96. The molecule has 0 aliphatic rings. The Morgan fingerprint density at radius 1 is 1.07 bits per heavy atom. The van der Waals surface area contributed by atoms with Crippen LogP contribution in [0.3, 0.4) is 0 Å². The number of para-hydroxylation sites is 1. The molecular formula is C21H21N3O4S.